The number of methoxy groups -OCH3 is 1. The third-order valence-corrected chi connectivity index (χ3v) is 32.2. The van der Waals surface area contributed by atoms with Crippen LogP contribution >= 0.6 is 0 Å². The minimum atomic E-state index is -2.98. The van der Waals surface area contributed by atoms with Gasteiger partial charge in [0.05, 0.1) is 13.2 Å². The van der Waals surface area contributed by atoms with E-state index in [9.17, 15) is 5.11 Å². The fourth-order valence-corrected chi connectivity index (χ4v) is 31.3. The van der Waals surface area contributed by atoms with Gasteiger partial charge in [-0.3, -0.25) is 0 Å². The Hall–Kier alpha value is 0.428. The lowest BCUT2D eigenvalue weighted by atomic mass is 10.1. The Balaban J connectivity index is 1.71. The Morgan fingerprint density at radius 2 is 0.840 bits per heavy atom. The Kier molecular flexibility index (Phi) is 14.0. The van der Waals surface area contributed by atoms with E-state index in [4.69, 9.17) is 44.9 Å². The highest BCUT2D eigenvalue weighted by Crippen LogP contribution is 2.50. The smallest absolute Gasteiger partial charge is 0.335 e. The van der Waals surface area contributed by atoms with Crippen LogP contribution in [-0.2, 0) is 44.9 Å². The molecule has 0 spiro atoms. The molecule has 50 heavy (non-hydrogen) atoms. The summed E-state index contributed by atoms with van der Waals surface area (Å²) in [7, 11) is -9.89. The predicted octanol–water partition coefficient (Wildman–Crippen LogP) is 7.74. The van der Waals surface area contributed by atoms with Gasteiger partial charge in [-0.1, -0.05) is 111 Å². The molecule has 0 saturated carbocycles. The summed E-state index contributed by atoms with van der Waals surface area (Å²) in [6, 6.07) is 0. The van der Waals surface area contributed by atoms with Gasteiger partial charge in [0, 0.05) is 7.11 Å². The van der Waals surface area contributed by atoms with E-state index < -0.39 is 83.4 Å². The standard InChI is InChI=1S/C35H72O11Si4/c1-20(2)47(21(3)4)38-18-28-31(43-49(45-47,24(9)10)25(11)12)30(36)34(40-28)42-33-32-29(41-35(33)37-17)19-39-48(22(5)6,23(7)8)46-50(44-32,26(13)14)27(15)16/h20-36H,18-19H2,1-17H3/t28-,29-,30+,31-,32-,33+,34+,35-/m0/s1. The third kappa shape index (κ3) is 7.51. The molecule has 0 radical (unpaired) electrons. The molecule has 0 unspecified atom stereocenters. The molecule has 1 N–H and O–H groups in total. The monoisotopic (exact) mass is 780 g/mol. The van der Waals surface area contributed by atoms with E-state index in [1.807, 2.05) is 0 Å². The van der Waals surface area contributed by atoms with E-state index in [0.29, 0.717) is 6.61 Å². The van der Waals surface area contributed by atoms with Crippen molar-refractivity contribution < 1.29 is 50.0 Å². The molecule has 4 saturated heterocycles. The van der Waals surface area contributed by atoms with Crippen LogP contribution in [0.25, 0.3) is 0 Å². The summed E-state index contributed by atoms with van der Waals surface area (Å²) in [5, 5.41) is 12.0. The normalized spacial score (nSPS) is 35.6. The minimum absolute atomic E-state index is 0.115. The maximum absolute atomic E-state index is 12.0. The van der Waals surface area contributed by atoms with E-state index >= 15 is 0 Å². The van der Waals surface area contributed by atoms with Crippen molar-refractivity contribution in [1.29, 1.82) is 0 Å². The number of hydrogen-bond donors (Lipinski definition) is 1. The molecule has 0 aromatic heterocycles. The van der Waals surface area contributed by atoms with Crippen molar-refractivity contribution in [2.45, 2.75) is 204 Å². The predicted molar refractivity (Wildman–Crippen MR) is 203 cm³/mol. The summed E-state index contributed by atoms with van der Waals surface area (Å²) in [5.41, 5.74) is 1.30. The number of hydrogen-bond acceptors (Lipinski definition) is 11. The van der Waals surface area contributed by atoms with E-state index in [0.717, 1.165) is 0 Å². The summed E-state index contributed by atoms with van der Waals surface area (Å²) < 4.78 is 68.9. The zero-order chi connectivity index (χ0) is 37.7. The SMILES string of the molecule is CO[C@H]1O[C@H]2CO[Si](C(C)C)(C(C)C)O[Si](C(C)C)(C(C)C)O[C@@H]2[C@H]1O[C@H]1O[C@H]2CO[Si](C(C)C)(C(C)C)O[Si](C(C)C)(C(C)C)O[C@@H]2[C@H]1O. The molecule has 4 aliphatic rings. The van der Waals surface area contributed by atoms with Crippen LogP contribution in [0.5, 0.6) is 0 Å². The zero-order valence-electron chi connectivity index (χ0n) is 34.2. The average molecular weight is 781 g/mol. The molecule has 15 heteroatoms. The van der Waals surface area contributed by atoms with Crippen LogP contribution in [0.3, 0.4) is 0 Å². The van der Waals surface area contributed by atoms with Crippen LogP contribution in [0.15, 0.2) is 0 Å². The molecule has 0 bridgehead atoms. The number of fused-ring (bicyclic) bond motifs is 2. The molecule has 0 aromatic carbocycles. The van der Waals surface area contributed by atoms with Gasteiger partial charge in [-0.05, 0) is 44.3 Å². The number of ether oxygens (including phenoxy) is 4. The van der Waals surface area contributed by atoms with Gasteiger partial charge in [0.1, 0.15) is 36.6 Å². The van der Waals surface area contributed by atoms with Gasteiger partial charge in [-0.25, -0.2) is 0 Å². The molecule has 4 heterocycles. The second-order valence-corrected chi connectivity index (χ2v) is 35.2. The first-order valence-electron chi connectivity index (χ1n) is 19.4. The van der Waals surface area contributed by atoms with Crippen molar-refractivity contribution in [2.75, 3.05) is 20.3 Å². The topological polar surface area (TPSA) is 113 Å². The van der Waals surface area contributed by atoms with Crippen LogP contribution in [0.4, 0.5) is 0 Å². The lowest BCUT2D eigenvalue weighted by Gasteiger charge is -2.51. The van der Waals surface area contributed by atoms with Crippen LogP contribution in [0.1, 0.15) is 111 Å². The highest BCUT2D eigenvalue weighted by molar-refractivity contribution is 6.84. The third-order valence-electron chi connectivity index (χ3n) is 11.7. The first kappa shape index (κ1) is 43.2. The van der Waals surface area contributed by atoms with Crippen molar-refractivity contribution in [2.24, 2.45) is 0 Å². The molecular formula is C35H72O11Si4. The lowest BCUT2D eigenvalue weighted by Crippen LogP contribution is -2.66. The second-order valence-electron chi connectivity index (χ2n) is 17.5. The van der Waals surface area contributed by atoms with Gasteiger partial charge in [-0.15, -0.1) is 0 Å². The molecule has 4 aliphatic heterocycles. The summed E-state index contributed by atoms with van der Waals surface area (Å²) in [5.74, 6) is 0. The van der Waals surface area contributed by atoms with Gasteiger partial charge in [0.2, 0.25) is 0 Å². The highest BCUT2D eigenvalue weighted by Gasteiger charge is 2.65. The molecule has 8 atom stereocenters. The first-order valence-corrected chi connectivity index (χ1v) is 27.2. The number of aliphatic hydroxyl groups is 1. The molecule has 0 aromatic rings. The van der Waals surface area contributed by atoms with Gasteiger partial charge < -0.3 is 50.0 Å². The van der Waals surface area contributed by atoms with Crippen molar-refractivity contribution in [3.8, 4) is 0 Å². The molecule has 294 valence electrons. The summed E-state index contributed by atoms with van der Waals surface area (Å²) in [4.78, 5) is 0. The van der Waals surface area contributed by atoms with E-state index in [2.05, 4.69) is 111 Å². The second kappa shape index (κ2) is 16.3. The fraction of sp³-hybridized carbons (Fsp3) is 1.00. The summed E-state index contributed by atoms with van der Waals surface area (Å²) in [6.07, 6.45) is -5.84. The van der Waals surface area contributed by atoms with Crippen LogP contribution in [0, 0.1) is 0 Å². The summed E-state index contributed by atoms with van der Waals surface area (Å²) >= 11 is 0. The molecule has 0 amide bonds. The largest absolute Gasteiger partial charge is 0.414 e. The van der Waals surface area contributed by atoms with Crippen LogP contribution in [-0.4, -0.2) is 109 Å². The Morgan fingerprint density at radius 3 is 1.20 bits per heavy atom. The average Bonchev–Trinajstić information content (AvgIpc) is 3.46. The highest BCUT2D eigenvalue weighted by atomic mass is 28.5. The van der Waals surface area contributed by atoms with E-state index in [-0.39, 0.29) is 50.9 Å². The van der Waals surface area contributed by atoms with Crippen molar-refractivity contribution >= 4 is 34.2 Å². The Bertz CT molecular complexity index is 1070. The van der Waals surface area contributed by atoms with Gasteiger partial charge in [0.15, 0.2) is 12.6 Å². The van der Waals surface area contributed by atoms with E-state index in [1.54, 1.807) is 7.11 Å². The Labute approximate surface area is 308 Å². The first-order chi connectivity index (χ1) is 23.2. The van der Waals surface area contributed by atoms with Crippen LogP contribution in [0.2, 0.25) is 44.3 Å². The van der Waals surface area contributed by atoms with Gasteiger partial charge in [0.25, 0.3) is 0 Å². The zero-order valence-corrected chi connectivity index (χ0v) is 38.2. The number of aliphatic hydroxyl groups excluding tert-OH is 1. The van der Waals surface area contributed by atoms with E-state index in [1.165, 1.54) is 0 Å². The maximum atomic E-state index is 12.0. The van der Waals surface area contributed by atoms with Crippen LogP contribution < -0.4 is 0 Å². The maximum Gasteiger partial charge on any atom is 0.335 e. The lowest BCUT2D eigenvalue weighted by molar-refractivity contribution is -0.240. The summed E-state index contributed by atoms with van der Waals surface area (Å²) in [6.45, 7) is 35.6. The van der Waals surface area contributed by atoms with Gasteiger partial charge >= 0.3 is 34.2 Å². The minimum Gasteiger partial charge on any atom is -0.414 e. The quantitative estimate of drug-likeness (QED) is 0.208. The molecule has 4 fully saturated rings. The molecule has 0 aliphatic carbocycles. The molecule has 11 nitrogen and oxygen atoms in total. The number of rotatable bonds is 11. The van der Waals surface area contributed by atoms with Crippen molar-refractivity contribution in [3.63, 3.8) is 0 Å². The van der Waals surface area contributed by atoms with Crippen molar-refractivity contribution in [1.82, 2.24) is 0 Å². The molecule has 4 rings (SSSR count). The van der Waals surface area contributed by atoms with Gasteiger partial charge in [-0.2, -0.15) is 0 Å². The Morgan fingerprint density at radius 1 is 0.500 bits per heavy atom. The fourth-order valence-electron chi connectivity index (χ4n) is 8.83. The van der Waals surface area contributed by atoms with Crippen molar-refractivity contribution in [3.05, 3.63) is 0 Å². The molecular weight excluding hydrogens is 709 g/mol.